The summed E-state index contributed by atoms with van der Waals surface area (Å²) in [6.07, 6.45) is 6.99. The van der Waals surface area contributed by atoms with E-state index >= 15 is 0 Å². The predicted octanol–water partition coefficient (Wildman–Crippen LogP) is 4.06. The van der Waals surface area contributed by atoms with Gasteiger partial charge in [0.2, 0.25) is 0 Å². The lowest BCUT2D eigenvalue weighted by molar-refractivity contribution is 0.195. The van der Waals surface area contributed by atoms with Crippen LogP contribution in [-0.2, 0) is 0 Å². The molecule has 0 aromatic heterocycles. The lowest BCUT2D eigenvalue weighted by Crippen LogP contribution is -2.22. The van der Waals surface area contributed by atoms with Crippen molar-refractivity contribution in [3.8, 4) is 0 Å². The van der Waals surface area contributed by atoms with E-state index in [0.29, 0.717) is 5.41 Å². The Bertz CT molecular complexity index is 129. The van der Waals surface area contributed by atoms with Crippen molar-refractivity contribution in [3.05, 3.63) is 6.92 Å². The summed E-state index contributed by atoms with van der Waals surface area (Å²) in [6.45, 7) is 11.3. The first-order chi connectivity index (χ1) is 5.49. The molecule has 0 spiro atoms. The van der Waals surface area contributed by atoms with Crippen molar-refractivity contribution in [1.82, 2.24) is 0 Å². The molecule has 2 atom stereocenters. The minimum absolute atomic E-state index is 0.498. The predicted molar refractivity (Wildman–Crippen MR) is 54.9 cm³/mol. The zero-order valence-electron chi connectivity index (χ0n) is 8.90. The number of rotatable bonds is 1. The fraction of sp³-hybridized carbons (Fsp3) is 0.917. The molecule has 12 heavy (non-hydrogen) atoms. The Morgan fingerprint density at radius 1 is 1.17 bits per heavy atom. The van der Waals surface area contributed by atoms with Crippen LogP contribution >= 0.6 is 0 Å². The Hall–Kier alpha value is 0. The molecule has 2 unspecified atom stereocenters. The van der Waals surface area contributed by atoms with Crippen molar-refractivity contribution >= 4 is 0 Å². The smallest absolute Gasteiger partial charge is 0.0380 e. The van der Waals surface area contributed by atoms with E-state index in [-0.39, 0.29) is 0 Å². The Balaban J connectivity index is 2.39. The van der Waals surface area contributed by atoms with Gasteiger partial charge in [0.25, 0.3) is 0 Å². The van der Waals surface area contributed by atoms with Crippen LogP contribution in [0.3, 0.4) is 0 Å². The second-order valence-electron chi connectivity index (χ2n) is 5.57. The molecule has 0 saturated heterocycles. The van der Waals surface area contributed by atoms with Crippen molar-refractivity contribution in [2.24, 2.45) is 17.3 Å². The van der Waals surface area contributed by atoms with E-state index in [1.165, 1.54) is 32.1 Å². The first kappa shape index (κ1) is 10.1. The van der Waals surface area contributed by atoms with Gasteiger partial charge in [-0.3, -0.25) is 0 Å². The van der Waals surface area contributed by atoms with Gasteiger partial charge >= 0.3 is 0 Å². The van der Waals surface area contributed by atoms with E-state index in [2.05, 4.69) is 27.7 Å². The zero-order chi connectivity index (χ0) is 9.19. The molecular formula is C12H23. The highest BCUT2D eigenvalue weighted by atomic mass is 14.3. The fourth-order valence-corrected chi connectivity index (χ4v) is 2.34. The topological polar surface area (TPSA) is 0 Å². The van der Waals surface area contributed by atoms with Gasteiger partial charge in [-0.05, 0) is 30.6 Å². The summed E-state index contributed by atoms with van der Waals surface area (Å²) in [4.78, 5) is 0. The first-order valence-corrected chi connectivity index (χ1v) is 5.32. The van der Waals surface area contributed by atoms with Gasteiger partial charge in [-0.1, -0.05) is 46.5 Å². The summed E-state index contributed by atoms with van der Waals surface area (Å²) < 4.78 is 0. The molecule has 1 radical (unpaired) electrons. The highest BCUT2D eigenvalue weighted by Gasteiger charge is 2.25. The molecular weight excluding hydrogens is 144 g/mol. The van der Waals surface area contributed by atoms with Crippen molar-refractivity contribution < 1.29 is 0 Å². The van der Waals surface area contributed by atoms with E-state index in [9.17, 15) is 0 Å². The Kier molecular flexibility index (Phi) is 3.20. The molecule has 0 N–H and O–H groups in total. The van der Waals surface area contributed by atoms with Gasteiger partial charge in [-0.15, -0.1) is 0 Å². The summed E-state index contributed by atoms with van der Waals surface area (Å²) in [5.41, 5.74) is 0.498. The van der Waals surface area contributed by atoms with Crippen LogP contribution in [0.1, 0.15) is 52.9 Å². The second-order valence-corrected chi connectivity index (χ2v) is 5.57. The summed E-state index contributed by atoms with van der Waals surface area (Å²) in [5.74, 6) is 1.64. The van der Waals surface area contributed by atoms with Crippen LogP contribution in [0.15, 0.2) is 0 Å². The molecule has 0 aliphatic heterocycles. The van der Waals surface area contributed by atoms with Gasteiger partial charge in [0, 0.05) is 0 Å². The van der Waals surface area contributed by atoms with Crippen LogP contribution in [0, 0.1) is 24.2 Å². The molecule has 1 aliphatic carbocycles. The van der Waals surface area contributed by atoms with E-state index in [1.54, 1.807) is 0 Å². The minimum Gasteiger partial charge on any atom is -0.0602 e. The van der Waals surface area contributed by atoms with Crippen molar-refractivity contribution in [2.45, 2.75) is 52.9 Å². The molecule has 0 heteroatoms. The molecule has 0 bridgehead atoms. The Morgan fingerprint density at radius 2 is 1.75 bits per heavy atom. The monoisotopic (exact) mass is 167 g/mol. The fourth-order valence-electron chi connectivity index (χ4n) is 2.34. The number of hydrogen-bond acceptors (Lipinski definition) is 0. The lowest BCUT2D eigenvalue weighted by atomic mass is 9.72. The summed E-state index contributed by atoms with van der Waals surface area (Å²) in [5, 5.41) is 0. The standard InChI is InChI=1S/C12H23/c1-10-7-5-6-8-11(10)9-12(2,3)4/h10-11H,1,5-9H2,2-4H3. The molecule has 0 aromatic rings. The van der Waals surface area contributed by atoms with E-state index < -0.39 is 0 Å². The van der Waals surface area contributed by atoms with Gasteiger partial charge < -0.3 is 0 Å². The van der Waals surface area contributed by atoms with Crippen LogP contribution in [0.2, 0.25) is 0 Å². The van der Waals surface area contributed by atoms with Crippen LogP contribution in [0.5, 0.6) is 0 Å². The Morgan fingerprint density at radius 3 is 2.25 bits per heavy atom. The summed E-state index contributed by atoms with van der Waals surface area (Å²) in [6, 6.07) is 0. The molecule has 1 rings (SSSR count). The normalized spacial score (nSPS) is 32.0. The molecule has 0 heterocycles. The summed E-state index contributed by atoms with van der Waals surface area (Å²) >= 11 is 0. The summed E-state index contributed by atoms with van der Waals surface area (Å²) in [7, 11) is 0. The van der Waals surface area contributed by atoms with Crippen LogP contribution in [-0.4, -0.2) is 0 Å². The maximum absolute atomic E-state index is 4.26. The van der Waals surface area contributed by atoms with Gasteiger partial charge in [0.15, 0.2) is 0 Å². The second kappa shape index (κ2) is 3.81. The molecule has 1 fully saturated rings. The molecule has 1 aliphatic rings. The van der Waals surface area contributed by atoms with Gasteiger partial charge in [-0.25, -0.2) is 0 Å². The quantitative estimate of drug-likeness (QED) is 0.552. The van der Waals surface area contributed by atoms with Crippen molar-refractivity contribution in [3.63, 3.8) is 0 Å². The highest BCUT2D eigenvalue weighted by Crippen LogP contribution is 2.37. The largest absolute Gasteiger partial charge is 0.0602 e. The molecule has 0 aromatic carbocycles. The molecule has 0 nitrogen and oxygen atoms in total. The molecule has 1 saturated carbocycles. The van der Waals surface area contributed by atoms with Crippen LogP contribution in [0.25, 0.3) is 0 Å². The maximum Gasteiger partial charge on any atom is -0.0380 e. The highest BCUT2D eigenvalue weighted by molar-refractivity contribution is 4.80. The average Bonchev–Trinajstić information content (AvgIpc) is 1.91. The molecule has 0 amide bonds. The third-order valence-corrected chi connectivity index (χ3v) is 2.94. The van der Waals surface area contributed by atoms with Gasteiger partial charge in [-0.2, -0.15) is 0 Å². The third kappa shape index (κ3) is 3.16. The van der Waals surface area contributed by atoms with E-state index in [0.717, 1.165) is 11.8 Å². The maximum atomic E-state index is 4.26. The molecule has 71 valence electrons. The van der Waals surface area contributed by atoms with Crippen molar-refractivity contribution in [1.29, 1.82) is 0 Å². The van der Waals surface area contributed by atoms with Gasteiger partial charge in [0.1, 0.15) is 0 Å². The zero-order valence-corrected chi connectivity index (χ0v) is 8.90. The van der Waals surface area contributed by atoms with Crippen molar-refractivity contribution in [2.75, 3.05) is 0 Å². The van der Waals surface area contributed by atoms with E-state index in [4.69, 9.17) is 0 Å². The van der Waals surface area contributed by atoms with E-state index in [1.807, 2.05) is 0 Å². The Labute approximate surface area is 77.7 Å². The first-order valence-electron chi connectivity index (χ1n) is 5.32. The average molecular weight is 167 g/mol. The van der Waals surface area contributed by atoms with Gasteiger partial charge in [0.05, 0.1) is 0 Å². The number of hydrogen-bond donors (Lipinski definition) is 0. The van der Waals surface area contributed by atoms with Crippen LogP contribution < -0.4 is 0 Å². The lowest BCUT2D eigenvalue weighted by Gasteiger charge is -2.33. The SMILES string of the molecule is [CH2]C1CCCCC1CC(C)(C)C. The minimum atomic E-state index is 0.498. The third-order valence-electron chi connectivity index (χ3n) is 2.94. The van der Waals surface area contributed by atoms with Crippen LogP contribution in [0.4, 0.5) is 0 Å².